The van der Waals surface area contributed by atoms with Gasteiger partial charge in [-0.25, -0.2) is 13.1 Å². The maximum Gasteiger partial charge on any atom is 0.211 e. The van der Waals surface area contributed by atoms with Crippen LogP contribution >= 0.6 is 0 Å². The first kappa shape index (κ1) is 12.9. The van der Waals surface area contributed by atoms with Crippen molar-refractivity contribution in [2.45, 2.75) is 38.3 Å². The number of ether oxygens (including phenoxy) is 1. The minimum absolute atomic E-state index is 0.0256. The second-order valence-electron chi connectivity index (χ2n) is 3.92. The Bertz CT molecular complexity index is 273. The van der Waals surface area contributed by atoms with Gasteiger partial charge in [-0.2, -0.15) is 0 Å². The zero-order valence-electron chi connectivity index (χ0n) is 9.11. The minimum Gasteiger partial charge on any atom is -0.377 e. The molecule has 0 saturated carbocycles. The molecule has 0 radical (unpaired) electrons. The largest absolute Gasteiger partial charge is 0.377 e. The molecule has 0 aromatic carbocycles. The number of nitrogens with one attached hydrogen (secondary N) is 1. The SMILES string of the molecule is CC(NS(=O)(=O)CCCN)C1CCCO1. The van der Waals surface area contributed by atoms with Crippen LogP contribution in [-0.2, 0) is 14.8 Å². The van der Waals surface area contributed by atoms with Crippen molar-refractivity contribution >= 4 is 10.0 Å². The highest BCUT2D eigenvalue weighted by atomic mass is 32.2. The molecule has 0 aromatic heterocycles. The predicted molar refractivity (Wildman–Crippen MR) is 59.0 cm³/mol. The van der Waals surface area contributed by atoms with Gasteiger partial charge in [-0.1, -0.05) is 0 Å². The summed E-state index contributed by atoms with van der Waals surface area (Å²) < 4.78 is 31.1. The van der Waals surface area contributed by atoms with Crippen LogP contribution in [0.15, 0.2) is 0 Å². The lowest BCUT2D eigenvalue weighted by molar-refractivity contribution is 0.0902. The molecule has 2 unspecified atom stereocenters. The molecule has 2 atom stereocenters. The first-order valence-electron chi connectivity index (χ1n) is 5.37. The Balaban J connectivity index is 2.38. The lowest BCUT2D eigenvalue weighted by Crippen LogP contribution is -2.42. The molecule has 0 aliphatic carbocycles. The van der Waals surface area contributed by atoms with Gasteiger partial charge in [0.15, 0.2) is 0 Å². The van der Waals surface area contributed by atoms with Crippen molar-refractivity contribution in [2.75, 3.05) is 18.9 Å². The standard InChI is InChI=1S/C9H20N2O3S/c1-8(9-4-2-6-14-9)11-15(12,13)7-3-5-10/h8-9,11H,2-7,10H2,1H3. The van der Waals surface area contributed by atoms with E-state index in [0.717, 1.165) is 19.4 Å². The molecule has 1 aliphatic heterocycles. The minimum atomic E-state index is -3.19. The molecule has 3 N–H and O–H groups in total. The molecule has 0 spiro atoms. The van der Waals surface area contributed by atoms with Gasteiger partial charge in [0.1, 0.15) is 0 Å². The molecule has 0 aromatic rings. The van der Waals surface area contributed by atoms with Gasteiger partial charge in [0.25, 0.3) is 0 Å². The van der Waals surface area contributed by atoms with Crippen molar-refractivity contribution in [1.29, 1.82) is 0 Å². The van der Waals surface area contributed by atoms with Gasteiger partial charge < -0.3 is 10.5 Å². The van der Waals surface area contributed by atoms with Crippen molar-refractivity contribution in [3.63, 3.8) is 0 Å². The molecule has 5 nitrogen and oxygen atoms in total. The Morgan fingerprint density at radius 1 is 1.60 bits per heavy atom. The lowest BCUT2D eigenvalue weighted by atomic mass is 10.1. The van der Waals surface area contributed by atoms with E-state index in [1.807, 2.05) is 6.92 Å². The Kier molecular flexibility index (Phi) is 4.98. The monoisotopic (exact) mass is 236 g/mol. The number of rotatable bonds is 6. The number of sulfonamides is 1. The molecular weight excluding hydrogens is 216 g/mol. The van der Waals surface area contributed by atoms with Crippen molar-refractivity contribution in [1.82, 2.24) is 4.72 Å². The Labute approximate surface area is 91.4 Å². The zero-order valence-corrected chi connectivity index (χ0v) is 9.92. The van der Waals surface area contributed by atoms with Gasteiger partial charge >= 0.3 is 0 Å². The average Bonchev–Trinajstić information content (AvgIpc) is 2.67. The van der Waals surface area contributed by atoms with Crippen molar-refractivity contribution in [3.05, 3.63) is 0 Å². The third kappa shape index (κ3) is 4.46. The van der Waals surface area contributed by atoms with Crippen molar-refractivity contribution in [3.8, 4) is 0 Å². The van der Waals surface area contributed by atoms with E-state index in [9.17, 15) is 8.42 Å². The van der Waals surface area contributed by atoms with Gasteiger partial charge in [0.05, 0.1) is 11.9 Å². The molecule has 1 fully saturated rings. The first-order chi connectivity index (χ1) is 7.05. The fourth-order valence-corrected chi connectivity index (χ4v) is 3.07. The van der Waals surface area contributed by atoms with Crippen LogP contribution in [0.3, 0.4) is 0 Å². The topological polar surface area (TPSA) is 81.4 Å². The summed E-state index contributed by atoms with van der Waals surface area (Å²) in [5.41, 5.74) is 5.27. The van der Waals surface area contributed by atoms with E-state index in [4.69, 9.17) is 10.5 Å². The van der Waals surface area contributed by atoms with Crippen LogP contribution in [0.4, 0.5) is 0 Å². The summed E-state index contributed by atoms with van der Waals surface area (Å²) in [6.07, 6.45) is 2.46. The van der Waals surface area contributed by atoms with E-state index in [1.54, 1.807) is 0 Å². The average molecular weight is 236 g/mol. The van der Waals surface area contributed by atoms with Crippen LogP contribution in [0.5, 0.6) is 0 Å². The van der Waals surface area contributed by atoms with E-state index in [1.165, 1.54) is 0 Å². The molecular formula is C9H20N2O3S. The molecule has 6 heteroatoms. The number of hydrogen-bond donors (Lipinski definition) is 2. The first-order valence-corrected chi connectivity index (χ1v) is 7.02. The summed E-state index contributed by atoms with van der Waals surface area (Å²) in [4.78, 5) is 0. The van der Waals surface area contributed by atoms with E-state index in [-0.39, 0.29) is 17.9 Å². The molecule has 1 heterocycles. The van der Waals surface area contributed by atoms with E-state index >= 15 is 0 Å². The molecule has 0 bridgehead atoms. The molecule has 90 valence electrons. The molecule has 0 amide bonds. The second kappa shape index (κ2) is 5.79. The molecule has 15 heavy (non-hydrogen) atoms. The quantitative estimate of drug-likeness (QED) is 0.670. The van der Waals surface area contributed by atoms with Crippen LogP contribution in [0.2, 0.25) is 0 Å². The summed E-state index contributed by atoms with van der Waals surface area (Å²) in [7, 11) is -3.19. The smallest absolute Gasteiger partial charge is 0.211 e. The van der Waals surface area contributed by atoms with Crippen LogP contribution in [0.25, 0.3) is 0 Å². The van der Waals surface area contributed by atoms with Crippen molar-refractivity contribution < 1.29 is 13.2 Å². The number of hydrogen-bond acceptors (Lipinski definition) is 4. The van der Waals surface area contributed by atoms with Crippen molar-refractivity contribution in [2.24, 2.45) is 5.73 Å². The second-order valence-corrected chi connectivity index (χ2v) is 5.79. The summed E-state index contributed by atoms with van der Waals surface area (Å²) in [6.45, 7) is 2.98. The number of nitrogens with two attached hydrogens (primary N) is 1. The highest BCUT2D eigenvalue weighted by molar-refractivity contribution is 7.89. The molecule has 1 saturated heterocycles. The maximum atomic E-state index is 11.5. The fraction of sp³-hybridized carbons (Fsp3) is 1.00. The molecule has 1 aliphatic rings. The van der Waals surface area contributed by atoms with E-state index in [0.29, 0.717) is 13.0 Å². The summed E-state index contributed by atoms with van der Waals surface area (Å²) >= 11 is 0. The van der Waals surface area contributed by atoms with Crippen LogP contribution < -0.4 is 10.5 Å². The summed E-state index contributed by atoms with van der Waals surface area (Å²) in [5.74, 6) is 0.0978. The van der Waals surface area contributed by atoms with Crippen LogP contribution in [0, 0.1) is 0 Å². The summed E-state index contributed by atoms with van der Waals surface area (Å²) in [6, 6.07) is -0.143. The van der Waals surface area contributed by atoms with Gasteiger partial charge in [0.2, 0.25) is 10.0 Å². The van der Waals surface area contributed by atoms with Crippen LogP contribution in [0.1, 0.15) is 26.2 Å². The Morgan fingerprint density at radius 3 is 2.87 bits per heavy atom. The Morgan fingerprint density at radius 2 is 2.33 bits per heavy atom. The Hall–Kier alpha value is -0.170. The van der Waals surface area contributed by atoms with E-state index in [2.05, 4.69) is 4.72 Å². The maximum absolute atomic E-state index is 11.5. The fourth-order valence-electron chi connectivity index (χ4n) is 1.69. The zero-order chi connectivity index (χ0) is 11.3. The highest BCUT2D eigenvalue weighted by Gasteiger charge is 2.25. The normalized spacial score (nSPS) is 24.3. The van der Waals surface area contributed by atoms with Gasteiger partial charge in [0, 0.05) is 12.6 Å². The summed E-state index contributed by atoms with van der Waals surface area (Å²) in [5, 5.41) is 0. The third-order valence-electron chi connectivity index (χ3n) is 2.51. The third-order valence-corrected chi connectivity index (χ3v) is 4.06. The highest BCUT2D eigenvalue weighted by Crippen LogP contribution is 2.15. The van der Waals surface area contributed by atoms with E-state index < -0.39 is 10.0 Å². The molecule has 1 rings (SSSR count). The predicted octanol–water partition coefficient (Wildman–Crippen LogP) is -0.178. The van der Waals surface area contributed by atoms with Gasteiger partial charge in [-0.3, -0.25) is 0 Å². The lowest BCUT2D eigenvalue weighted by Gasteiger charge is -2.19. The van der Waals surface area contributed by atoms with Gasteiger partial charge in [-0.15, -0.1) is 0 Å². The van der Waals surface area contributed by atoms with Gasteiger partial charge in [-0.05, 0) is 32.7 Å². The van der Waals surface area contributed by atoms with Crippen LogP contribution in [-0.4, -0.2) is 39.5 Å².